The van der Waals surface area contributed by atoms with Crippen LogP contribution in [0.3, 0.4) is 0 Å². The zero-order valence-corrected chi connectivity index (χ0v) is 13.0. The maximum absolute atomic E-state index is 6.38. The molecule has 2 aromatic carbocycles. The van der Waals surface area contributed by atoms with Gasteiger partial charge in [-0.3, -0.25) is 0 Å². The second-order valence-corrected chi connectivity index (χ2v) is 6.70. The summed E-state index contributed by atoms with van der Waals surface area (Å²) in [6, 6.07) is 14.8. The van der Waals surface area contributed by atoms with E-state index in [0.29, 0.717) is 0 Å². The molecule has 0 spiro atoms. The second kappa shape index (κ2) is 5.08. The zero-order valence-electron chi connectivity index (χ0n) is 10.6. The van der Waals surface area contributed by atoms with Crippen LogP contribution in [0.25, 0.3) is 10.8 Å². The summed E-state index contributed by atoms with van der Waals surface area (Å²) < 4.78 is 1.10. The first-order chi connectivity index (χ1) is 9.15. The van der Waals surface area contributed by atoms with Crippen LogP contribution in [-0.2, 0) is 0 Å². The van der Waals surface area contributed by atoms with Crippen molar-refractivity contribution < 1.29 is 0 Å². The van der Waals surface area contributed by atoms with Crippen LogP contribution in [0.15, 0.2) is 52.3 Å². The molecule has 0 aliphatic heterocycles. The highest BCUT2D eigenvalue weighted by atomic mass is 79.9. The van der Waals surface area contributed by atoms with Gasteiger partial charge in [0.05, 0.1) is 6.04 Å². The molecule has 1 atom stereocenters. The Hall–Kier alpha value is -1.16. The third-order valence-corrected chi connectivity index (χ3v) is 4.77. The summed E-state index contributed by atoms with van der Waals surface area (Å²) in [4.78, 5) is 1.29. The van der Waals surface area contributed by atoms with E-state index >= 15 is 0 Å². The Morgan fingerprint density at radius 2 is 1.79 bits per heavy atom. The quantitative estimate of drug-likeness (QED) is 0.700. The number of hydrogen-bond donors (Lipinski definition) is 1. The van der Waals surface area contributed by atoms with Gasteiger partial charge in [-0.15, -0.1) is 11.3 Å². The van der Waals surface area contributed by atoms with E-state index in [1.807, 2.05) is 0 Å². The lowest BCUT2D eigenvalue weighted by Crippen LogP contribution is -2.11. The smallest absolute Gasteiger partial charge is 0.0562 e. The average Bonchev–Trinajstić information content (AvgIpc) is 2.83. The van der Waals surface area contributed by atoms with Gasteiger partial charge in [0.25, 0.3) is 0 Å². The van der Waals surface area contributed by atoms with Gasteiger partial charge >= 0.3 is 0 Å². The maximum Gasteiger partial charge on any atom is 0.0562 e. The summed E-state index contributed by atoms with van der Waals surface area (Å²) in [5, 5.41) is 4.55. The fraction of sp³-hybridized carbons (Fsp3) is 0.125. The predicted octanol–water partition coefficient (Wildman–Crippen LogP) is 5.02. The Bertz CT molecular complexity index is 732. The van der Waals surface area contributed by atoms with E-state index in [9.17, 15) is 0 Å². The van der Waals surface area contributed by atoms with Crippen molar-refractivity contribution in [2.75, 3.05) is 0 Å². The van der Waals surface area contributed by atoms with Gasteiger partial charge in [-0.05, 0) is 58.5 Å². The molecule has 3 aromatic rings. The van der Waals surface area contributed by atoms with E-state index in [4.69, 9.17) is 5.73 Å². The van der Waals surface area contributed by atoms with Crippen LogP contribution in [0, 0.1) is 6.92 Å². The molecule has 0 bridgehead atoms. The first-order valence-corrected chi connectivity index (χ1v) is 7.81. The molecule has 0 amide bonds. The van der Waals surface area contributed by atoms with Crippen LogP contribution in [0.2, 0.25) is 0 Å². The molecule has 19 heavy (non-hydrogen) atoms. The lowest BCUT2D eigenvalue weighted by molar-refractivity contribution is 0.871. The minimum Gasteiger partial charge on any atom is -0.320 e. The van der Waals surface area contributed by atoms with Crippen LogP contribution in [0.1, 0.15) is 22.0 Å². The summed E-state index contributed by atoms with van der Waals surface area (Å²) in [5.74, 6) is 0. The molecule has 0 aliphatic rings. The summed E-state index contributed by atoms with van der Waals surface area (Å²) in [5.41, 5.74) is 8.77. The minimum atomic E-state index is -0.0423. The van der Waals surface area contributed by atoms with E-state index in [2.05, 4.69) is 70.7 Å². The number of rotatable bonds is 2. The second-order valence-electron chi connectivity index (χ2n) is 4.66. The number of aryl methyl sites for hydroxylation is 1. The van der Waals surface area contributed by atoms with Crippen LogP contribution >= 0.6 is 27.3 Å². The standard InChI is InChI=1S/C16H14BrNS/c1-10-15(6-7-19-10)16(18)13-3-2-12-9-14(17)5-4-11(12)8-13/h2-9,16H,18H2,1H3. The fourth-order valence-electron chi connectivity index (χ4n) is 2.33. The molecule has 0 fully saturated rings. The Labute approximate surface area is 125 Å². The van der Waals surface area contributed by atoms with E-state index in [0.717, 1.165) is 10.0 Å². The number of nitrogens with two attached hydrogens (primary N) is 1. The van der Waals surface area contributed by atoms with Gasteiger partial charge in [0.2, 0.25) is 0 Å². The van der Waals surface area contributed by atoms with Crippen molar-refractivity contribution in [3.05, 3.63) is 68.3 Å². The van der Waals surface area contributed by atoms with E-state index in [1.54, 1.807) is 11.3 Å². The van der Waals surface area contributed by atoms with Gasteiger partial charge in [-0.25, -0.2) is 0 Å². The molecule has 0 radical (unpaired) electrons. The van der Waals surface area contributed by atoms with Gasteiger partial charge in [0, 0.05) is 9.35 Å². The van der Waals surface area contributed by atoms with Crippen molar-refractivity contribution >= 4 is 38.0 Å². The molecule has 0 saturated carbocycles. The molecule has 3 rings (SSSR count). The summed E-state index contributed by atoms with van der Waals surface area (Å²) in [7, 11) is 0. The summed E-state index contributed by atoms with van der Waals surface area (Å²) in [6.07, 6.45) is 0. The molecule has 3 heteroatoms. The normalized spacial score (nSPS) is 12.8. The van der Waals surface area contributed by atoms with Crippen molar-refractivity contribution in [3.8, 4) is 0 Å². The van der Waals surface area contributed by atoms with Crippen molar-refractivity contribution in [3.63, 3.8) is 0 Å². The Kier molecular flexibility index (Phi) is 3.44. The SMILES string of the molecule is Cc1sccc1C(N)c1ccc2cc(Br)ccc2c1. The molecule has 1 nitrogen and oxygen atoms in total. The molecular weight excluding hydrogens is 318 g/mol. The zero-order chi connectivity index (χ0) is 13.4. The Morgan fingerprint density at radius 1 is 1.05 bits per heavy atom. The summed E-state index contributed by atoms with van der Waals surface area (Å²) in [6.45, 7) is 2.12. The molecule has 1 heterocycles. The van der Waals surface area contributed by atoms with Gasteiger partial charge in [-0.1, -0.05) is 34.1 Å². The van der Waals surface area contributed by atoms with Gasteiger partial charge in [0.1, 0.15) is 0 Å². The van der Waals surface area contributed by atoms with Crippen LogP contribution < -0.4 is 5.73 Å². The van der Waals surface area contributed by atoms with Crippen molar-refractivity contribution in [1.82, 2.24) is 0 Å². The van der Waals surface area contributed by atoms with E-state index in [-0.39, 0.29) is 6.04 Å². The highest BCUT2D eigenvalue weighted by Crippen LogP contribution is 2.29. The topological polar surface area (TPSA) is 26.0 Å². The average molecular weight is 332 g/mol. The van der Waals surface area contributed by atoms with Crippen LogP contribution in [-0.4, -0.2) is 0 Å². The number of halogens is 1. The van der Waals surface area contributed by atoms with Crippen LogP contribution in [0.4, 0.5) is 0 Å². The molecule has 2 N–H and O–H groups in total. The molecule has 0 saturated heterocycles. The number of benzene rings is 2. The highest BCUT2D eigenvalue weighted by molar-refractivity contribution is 9.10. The lowest BCUT2D eigenvalue weighted by atomic mass is 9.97. The molecule has 1 aromatic heterocycles. The van der Waals surface area contributed by atoms with E-state index < -0.39 is 0 Å². The highest BCUT2D eigenvalue weighted by Gasteiger charge is 2.12. The number of fused-ring (bicyclic) bond motifs is 1. The van der Waals surface area contributed by atoms with Gasteiger partial charge in [0.15, 0.2) is 0 Å². The monoisotopic (exact) mass is 331 g/mol. The molecule has 1 unspecified atom stereocenters. The minimum absolute atomic E-state index is 0.0423. The third-order valence-electron chi connectivity index (χ3n) is 3.42. The predicted molar refractivity (Wildman–Crippen MR) is 86.7 cm³/mol. The lowest BCUT2D eigenvalue weighted by Gasteiger charge is -2.13. The van der Waals surface area contributed by atoms with Crippen molar-refractivity contribution in [2.45, 2.75) is 13.0 Å². The summed E-state index contributed by atoms with van der Waals surface area (Å²) >= 11 is 5.24. The van der Waals surface area contributed by atoms with Gasteiger partial charge < -0.3 is 5.73 Å². The molecule has 0 aliphatic carbocycles. The largest absolute Gasteiger partial charge is 0.320 e. The first kappa shape index (κ1) is 12.9. The maximum atomic E-state index is 6.38. The Balaban J connectivity index is 2.06. The molecule has 96 valence electrons. The van der Waals surface area contributed by atoms with Crippen molar-refractivity contribution in [1.29, 1.82) is 0 Å². The fourth-order valence-corrected chi connectivity index (χ4v) is 3.45. The number of hydrogen-bond acceptors (Lipinski definition) is 2. The Morgan fingerprint density at radius 3 is 2.53 bits per heavy atom. The van der Waals surface area contributed by atoms with Crippen molar-refractivity contribution in [2.24, 2.45) is 5.73 Å². The third kappa shape index (κ3) is 2.46. The van der Waals surface area contributed by atoms with E-state index in [1.165, 1.54) is 21.2 Å². The molecular formula is C16H14BrNS. The number of thiophene rings is 1. The first-order valence-electron chi connectivity index (χ1n) is 6.14. The van der Waals surface area contributed by atoms with Gasteiger partial charge in [-0.2, -0.15) is 0 Å². The van der Waals surface area contributed by atoms with Crippen LogP contribution in [0.5, 0.6) is 0 Å².